The van der Waals surface area contributed by atoms with Gasteiger partial charge in [-0.3, -0.25) is 4.79 Å². The fourth-order valence-corrected chi connectivity index (χ4v) is 2.26. The van der Waals surface area contributed by atoms with Gasteiger partial charge in [0.15, 0.2) is 11.5 Å². The van der Waals surface area contributed by atoms with Crippen molar-refractivity contribution in [1.29, 1.82) is 0 Å². The zero-order chi connectivity index (χ0) is 15.8. The predicted octanol–water partition coefficient (Wildman–Crippen LogP) is 2.80. The molecule has 1 amide bonds. The van der Waals surface area contributed by atoms with Crippen LogP contribution in [0.25, 0.3) is 11.3 Å². The fourth-order valence-electron chi connectivity index (χ4n) is 2.26. The first-order valence-corrected chi connectivity index (χ1v) is 7.77. The van der Waals surface area contributed by atoms with Gasteiger partial charge >= 0.3 is 0 Å². The lowest BCUT2D eigenvalue weighted by Gasteiger charge is -2.17. The van der Waals surface area contributed by atoms with E-state index in [1.807, 2.05) is 30.3 Å². The van der Waals surface area contributed by atoms with E-state index in [4.69, 9.17) is 4.52 Å². The van der Waals surface area contributed by atoms with E-state index in [0.29, 0.717) is 18.0 Å². The highest BCUT2D eigenvalue weighted by atomic mass is 16.5. The first-order chi connectivity index (χ1) is 10.7. The second kappa shape index (κ2) is 8.34. The number of hydrogen-bond donors (Lipinski definition) is 1. The Kier molecular flexibility index (Phi) is 6.15. The summed E-state index contributed by atoms with van der Waals surface area (Å²) >= 11 is 0. The van der Waals surface area contributed by atoms with E-state index in [9.17, 15) is 4.79 Å². The van der Waals surface area contributed by atoms with Crippen molar-refractivity contribution in [3.8, 4) is 11.3 Å². The maximum Gasteiger partial charge on any atom is 0.273 e. The molecule has 1 aromatic heterocycles. The molecule has 0 fully saturated rings. The van der Waals surface area contributed by atoms with Gasteiger partial charge in [0.25, 0.3) is 5.91 Å². The summed E-state index contributed by atoms with van der Waals surface area (Å²) in [5.74, 6) is 0.416. The van der Waals surface area contributed by atoms with Crippen molar-refractivity contribution in [3.63, 3.8) is 0 Å². The third kappa shape index (κ3) is 4.43. The van der Waals surface area contributed by atoms with Crippen LogP contribution >= 0.6 is 0 Å². The molecule has 5 heteroatoms. The van der Waals surface area contributed by atoms with Gasteiger partial charge in [0.2, 0.25) is 0 Å². The summed E-state index contributed by atoms with van der Waals surface area (Å²) in [6, 6.07) is 11.3. The number of rotatable bonds is 8. The SMILES string of the molecule is CCN(CC)CCCNC(=O)c1cc(-c2ccccc2)on1. The summed E-state index contributed by atoms with van der Waals surface area (Å²) < 4.78 is 5.23. The second-order valence-corrected chi connectivity index (χ2v) is 5.08. The van der Waals surface area contributed by atoms with Crippen LogP contribution in [0.5, 0.6) is 0 Å². The van der Waals surface area contributed by atoms with Crippen LogP contribution in [0.15, 0.2) is 40.9 Å². The number of carbonyl (C=O) groups excluding carboxylic acids is 1. The number of benzene rings is 1. The Morgan fingerprint density at radius 3 is 2.64 bits per heavy atom. The number of hydrogen-bond acceptors (Lipinski definition) is 4. The Labute approximate surface area is 131 Å². The van der Waals surface area contributed by atoms with E-state index >= 15 is 0 Å². The van der Waals surface area contributed by atoms with Crippen molar-refractivity contribution < 1.29 is 9.32 Å². The summed E-state index contributed by atoms with van der Waals surface area (Å²) in [5, 5.41) is 6.72. The number of amides is 1. The van der Waals surface area contributed by atoms with Gasteiger partial charge in [0, 0.05) is 18.2 Å². The molecule has 0 aliphatic carbocycles. The molecule has 1 aromatic carbocycles. The molecule has 0 saturated heterocycles. The van der Waals surface area contributed by atoms with Gasteiger partial charge in [-0.15, -0.1) is 0 Å². The highest BCUT2D eigenvalue weighted by Crippen LogP contribution is 2.19. The maximum absolute atomic E-state index is 12.0. The third-order valence-electron chi connectivity index (χ3n) is 3.63. The minimum absolute atomic E-state index is 0.189. The minimum Gasteiger partial charge on any atom is -0.355 e. The van der Waals surface area contributed by atoms with Crippen molar-refractivity contribution in [1.82, 2.24) is 15.4 Å². The number of aromatic nitrogens is 1. The van der Waals surface area contributed by atoms with Gasteiger partial charge in [0.05, 0.1) is 0 Å². The predicted molar refractivity (Wildman–Crippen MR) is 86.7 cm³/mol. The molecule has 2 rings (SSSR count). The zero-order valence-corrected chi connectivity index (χ0v) is 13.2. The number of carbonyl (C=O) groups is 1. The monoisotopic (exact) mass is 301 g/mol. The Morgan fingerprint density at radius 2 is 1.95 bits per heavy atom. The van der Waals surface area contributed by atoms with E-state index < -0.39 is 0 Å². The summed E-state index contributed by atoms with van der Waals surface area (Å²) in [4.78, 5) is 14.4. The zero-order valence-electron chi connectivity index (χ0n) is 13.2. The van der Waals surface area contributed by atoms with Crippen LogP contribution in [0.3, 0.4) is 0 Å². The highest BCUT2D eigenvalue weighted by molar-refractivity contribution is 5.93. The lowest BCUT2D eigenvalue weighted by Crippen LogP contribution is -2.30. The van der Waals surface area contributed by atoms with Gasteiger partial charge in [-0.05, 0) is 26.1 Å². The van der Waals surface area contributed by atoms with Crippen molar-refractivity contribution in [2.75, 3.05) is 26.2 Å². The molecule has 5 nitrogen and oxygen atoms in total. The lowest BCUT2D eigenvalue weighted by atomic mass is 10.1. The number of nitrogens with zero attached hydrogens (tertiary/aromatic N) is 2. The Hall–Kier alpha value is -2.14. The summed E-state index contributed by atoms with van der Waals surface area (Å²) in [5.41, 5.74) is 1.23. The van der Waals surface area contributed by atoms with E-state index in [-0.39, 0.29) is 5.91 Å². The molecule has 118 valence electrons. The normalized spacial score (nSPS) is 10.9. The van der Waals surface area contributed by atoms with Gasteiger partial charge in [0.1, 0.15) is 0 Å². The van der Waals surface area contributed by atoms with Gasteiger partial charge in [-0.1, -0.05) is 49.3 Å². The Balaban J connectivity index is 1.82. The molecule has 0 spiro atoms. The highest BCUT2D eigenvalue weighted by Gasteiger charge is 2.13. The smallest absolute Gasteiger partial charge is 0.273 e. The summed E-state index contributed by atoms with van der Waals surface area (Å²) in [6.07, 6.45) is 0.927. The quantitative estimate of drug-likeness (QED) is 0.762. The molecule has 0 aliphatic rings. The molecule has 0 aliphatic heterocycles. The van der Waals surface area contributed by atoms with Crippen LogP contribution in [-0.4, -0.2) is 42.1 Å². The molecule has 0 bridgehead atoms. The molecule has 22 heavy (non-hydrogen) atoms. The van der Waals surface area contributed by atoms with E-state index in [1.54, 1.807) is 6.07 Å². The van der Waals surface area contributed by atoms with Crippen LogP contribution in [0, 0.1) is 0 Å². The molecular weight excluding hydrogens is 278 g/mol. The molecule has 1 heterocycles. The first kappa shape index (κ1) is 16.2. The van der Waals surface area contributed by atoms with Crippen molar-refractivity contribution in [2.45, 2.75) is 20.3 Å². The Bertz CT molecular complexity index is 577. The molecular formula is C17H23N3O2. The van der Waals surface area contributed by atoms with Crippen LogP contribution in [0.1, 0.15) is 30.8 Å². The molecule has 2 aromatic rings. The lowest BCUT2D eigenvalue weighted by molar-refractivity contribution is 0.0943. The van der Waals surface area contributed by atoms with Crippen molar-refractivity contribution in [3.05, 3.63) is 42.1 Å². The van der Waals surface area contributed by atoms with Crippen molar-refractivity contribution in [2.24, 2.45) is 0 Å². The number of nitrogens with one attached hydrogen (secondary N) is 1. The largest absolute Gasteiger partial charge is 0.355 e. The topological polar surface area (TPSA) is 58.4 Å². The minimum atomic E-state index is -0.189. The van der Waals surface area contributed by atoms with E-state index in [0.717, 1.165) is 31.6 Å². The van der Waals surface area contributed by atoms with Crippen LogP contribution in [-0.2, 0) is 0 Å². The van der Waals surface area contributed by atoms with Crippen LogP contribution < -0.4 is 5.32 Å². The van der Waals surface area contributed by atoms with E-state index in [1.165, 1.54) is 0 Å². The van der Waals surface area contributed by atoms with Crippen LogP contribution in [0.4, 0.5) is 0 Å². The summed E-state index contributed by atoms with van der Waals surface area (Å²) in [6.45, 7) is 7.98. The fraction of sp³-hybridized carbons (Fsp3) is 0.412. The average molecular weight is 301 g/mol. The average Bonchev–Trinajstić information content (AvgIpc) is 3.06. The molecule has 0 unspecified atom stereocenters. The van der Waals surface area contributed by atoms with Crippen LogP contribution in [0.2, 0.25) is 0 Å². The van der Waals surface area contributed by atoms with Gasteiger partial charge < -0.3 is 14.7 Å². The summed E-state index contributed by atoms with van der Waals surface area (Å²) in [7, 11) is 0. The third-order valence-corrected chi connectivity index (χ3v) is 3.63. The van der Waals surface area contributed by atoms with E-state index in [2.05, 4.69) is 29.2 Å². The molecule has 0 saturated carbocycles. The molecule has 1 N–H and O–H groups in total. The standard InChI is InChI=1S/C17H23N3O2/c1-3-20(4-2)12-8-11-18-17(21)15-13-16(22-19-15)14-9-6-5-7-10-14/h5-7,9-10,13H,3-4,8,11-12H2,1-2H3,(H,18,21). The first-order valence-electron chi connectivity index (χ1n) is 7.77. The molecule has 0 radical (unpaired) electrons. The Morgan fingerprint density at radius 1 is 1.23 bits per heavy atom. The second-order valence-electron chi connectivity index (χ2n) is 5.08. The maximum atomic E-state index is 12.0. The van der Waals surface area contributed by atoms with Crippen molar-refractivity contribution >= 4 is 5.91 Å². The van der Waals surface area contributed by atoms with Gasteiger partial charge in [-0.25, -0.2) is 0 Å². The van der Waals surface area contributed by atoms with Gasteiger partial charge in [-0.2, -0.15) is 0 Å². The molecule has 0 atom stereocenters.